The molecule has 24 heavy (non-hydrogen) atoms. The highest BCUT2D eigenvalue weighted by molar-refractivity contribution is 6.07. The van der Waals surface area contributed by atoms with E-state index in [4.69, 9.17) is 0 Å². The number of hydrogen-bond donors (Lipinski definition) is 1. The van der Waals surface area contributed by atoms with Gasteiger partial charge in [-0.05, 0) is 43.7 Å². The summed E-state index contributed by atoms with van der Waals surface area (Å²) in [6.07, 6.45) is 2.99. The van der Waals surface area contributed by atoms with Gasteiger partial charge in [-0.25, -0.2) is 4.79 Å². The van der Waals surface area contributed by atoms with Crippen molar-refractivity contribution in [1.29, 1.82) is 0 Å². The quantitative estimate of drug-likeness (QED) is 0.922. The van der Waals surface area contributed by atoms with Crippen LogP contribution in [0.5, 0.6) is 0 Å². The van der Waals surface area contributed by atoms with Crippen molar-refractivity contribution in [2.24, 2.45) is 11.8 Å². The average Bonchev–Trinajstić information content (AvgIpc) is 3.13. The number of rotatable bonds is 2. The number of carboxylic acid groups (broad SMARTS) is 1. The summed E-state index contributed by atoms with van der Waals surface area (Å²) >= 11 is 0. The minimum atomic E-state index is -0.882. The number of pyridine rings is 1. The Morgan fingerprint density at radius 2 is 2.04 bits per heavy atom. The van der Waals surface area contributed by atoms with Gasteiger partial charge in [-0.2, -0.15) is 0 Å². The number of aryl methyl sites for hydroxylation is 1. The Labute approximate surface area is 140 Å². The van der Waals surface area contributed by atoms with Crippen molar-refractivity contribution in [2.75, 3.05) is 6.54 Å². The lowest BCUT2D eigenvalue weighted by atomic mass is 9.94. The van der Waals surface area contributed by atoms with Crippen LogP contribution in [0.3, 0.4) is 0 Å². The van der Waals surface area contributed by atoms with Gasteiger partial charge in [-0.3, -0.25) is 9.78 Å². The predicted molar refractivity (Wildman–Crippen MR) is 89.8 cm³/mol. The number of amides is 1. The number of carboxylic acids is 1. The van der Waals surface area contributed by atoms with E-state index in [2.05, 4.69) is 4.98 Å². The molecule has 0 spiro atoms. The molecule has 1 aromatic carbocycles. The highest BCUT2D eigenvalue weighted by atomic mass is 16.4. The molecule has 4 rings (SSSR count). The molecular formula is C19H20N2O3. The van der Waals surface area contributed by atoms with Crippen molar-refractivity contribution in [1.82, 2.24) is 9.88 Å². The van der Waals surface area contributed by atoms with Gasteiger partial charge in [0, 0.05) is 17.6 Å². The molecule has 1 saturated carbocycles. The molecule has 0 radical (unpaired) electrons. The summed E-state index contributed by atoms with van der Waals surface area (Å²) in [4.78, 5) is 31.1. The first kappa shape index (κ1) is 15.1. The van der Waals surface area contributed by atoms with E-state index in [9.17, 15) is 14.7 Å². The van der Waals surface area contributed by atoms with Crippen molar-refractivity contribution in [2.45, 2.75) is 32.2 Å². The van der Waals surface area contributed by atoms with Crippen LogP contribution in [-0.2, 0) is 4.79 Å². The first-order valence-electron chi connectivity index (χ1n) is 8.46. The van der Waals surface area contributed by atoms with E-state index in [0.717, 1.165) is 35.9 Å². The molecule has 3 atom stereocenters. The second-order valence-corrected chi connectivity index (χ2v) is 6.92. The maximum Gasteiger partial charge on any atom is 0.326 e. The lowest BCUT2D eigenvalue weighted by Crippen LogP contribution is -2.43. The van der Waals surface area contributed by atoms with E-state index < -0.39 is 12.0 Å². The van der Waals surface area contributed by atoms with Crippen molar-refractivity contribution in [3.05, 3.63) is 41.6 Å². The lowest BCUT2D eigenvalue weighted by Gasteiger charge is -2.25. The number of aliphatic carboxylic acids is 1. The van der Waals surface area contributed by atoms with Gasteiger partial charge in [-0.15, -0.1) is 0 Å². The minimum absolute atomic E-state index is 0.0978. The largest absolute Gasteiger partial charge is 0.480 e. The number of para-hydroxylation sites is 1. The summed E-state index contributed by atoms with van der Waals surface area (Å²) in [6, 6.07) is 8.61. The average molecular weight is 324 g/mol. The van der Waals surface area contributed by atoms with E-state index >= 15 is 0 Å². The molecule has 2 heterocycles. The van der Waals surface area contributed by atoms with Crippen molar-refractivity contribution < 1.29 is 14.7 Å². The van der Waals surface area contributed by atoms with Crippen molar-refractivity contribution in [3.8, 4) is 0 Å². The van der Waals surface area contributed by atoms with Gasteiger partial charge in [0.05, 0.1) is 11.1 Å². The van der Waals surface area contributed by atoms with Crippen LogP contribution in [0.25, 0.3) is 10.9 Å². The third kappa shape index (κ3) is 2.27. The molecule has 2 fully saturated rings. The van der Waals surface area contributed by atoms with Gasteiger partial charge in [0.1, 0.15) is 6.04 Å². The third-order valence-corrected chi connectivity index (χ3v) is 5.48. The molecule has 1 aromatic heterocycles. The molecule has 5 heteroatoms. The van der Waals surface area contributed by atoms with Crippen LogP contribution in [0.15, 0.2) is 30.3 Å². The molecule has 1 saturated heterocycles. The summed E-state index contributed by atoms with van der Waals surface area (Å²) in [5, 5.41) is 10.5. The second-order valence-electron chi connectivity index (χ2n) is 6.92. The van der Waals surface area contributed by atoms with Gasteiger partial charge in [-0.1, -0.05) is 24.6 Å². The third-order valence-electron chi connectivity index (χ3n) is 5.48. The van der Waals surface area contributed by atoms with Crippen molar-refractivity contribution in [3.63, 3.8) is 0 Å². The molecule has 5 nitrogen and oxygen atoms in total. The molecule has 1 aliphatic carbocycles. The number of nitrogens with zero attached hydrogens (tertiary/aromatic N) is 2. The summed E-state index contributed by atoms with van der Waals surface area (Å²) in [7, 11) is 0. The first-order valence-corrected chi connectivity index (χ1v) is 8.46. The fourth-order valence-electron chi connectivity index (χ4n) is 4.47. The molecule has 1 amide bonds. The van der Waals surface area contributed by atoms with Crippen LogP contribution in [0.4, 0.5) is 0 Å². The van der Waals surface area contributed by atoms with E-state index in [1.807, 2.05) is 31.2 Å². The zero-order valence-corrected chi connectivity index (χ0v) is 13.6. The normalized spacial score (nSPS) is 25.9. The Morgan fingerprint density at radius 3 is 2.83 bits per heavy atom. The predicted octanol–water partition coefficient (Wildman–Crippen LogP) is 2.87. The number of fused-ring (bicyclic) bond motifs is 2. The fourth-order valence-corrected chi connectivity index (χ4v) is 4.47. The smallest absolute Gasteiger partial charge is 0.326 e. The Balaban J connectivity index is 1.77. The maximum absolute atomic E-state index is 13.2. The molecule has 2 aromatic rings. The van der Waals surface area contributed by atoms with E-state index in [1.165, 1.54) is 0 Å². The Kier molecular flexibility index (Phi) is 3.52. The standard InChI is InChI=1S/C19H20N2O3/c1-11-9-15(14-6-2-3-8-16(14)20-11)18(22)21-10-12-5-4-7-13(12)17(21)19(23)24/h2-3,6,8-9,12-13,17H,4-5,7,10H2,1H3,(H,23,24). The fraction of sp³-hybridized carbons (Fsp3) is 0.421. The molecular weight excluding hydrogens is 304 g/mol. The monoisotopic (exact) mass is 324 g/mol. The van der Waals surface area contributed by atoms with Gasteiger partial charge >= 0.3 is 5.97 Å². The Bertz CT molecular complexity index is 832. The molecule has 0 bridgehead atoms. The number of carbonyl (C=O) groups excluding carboxylic acids is 1. The number of likely N-dealkylation sites (tertiary alicyclic amines) is 1. The van der Waals surface area contributed by atoms with Crippen molar-refractivity contribution >= 4 is 22.8 Å². The van der Waals surface area contributed by atoms with Crippen LogP contribution in [-0.4, -0.2) is 39.5 Å². The van der Waals surface area contributed by atoms with Gasteiger partial charge in [0.25, 0.3) is 5.91 Å². The van der Waals surface area contributed by atoms with Crippen LogP contribution >= 0.6 is 0 Å². The lowest BCUT2D eigenvalue weighted by molar-refractivity contribution is -0.142. The minimum Gasteiger partial charge on any atom is -0.480 e. The number of benzene rings is 1. The number of hydrogen-bond acceptors (Lipinski definition) is 3. The number of carbonyl (C=O) groups is 2. The number of aromatic nitrogens is 1. The molecule has 1 aliphatic heterocycles. The molecule has 2 aliphatic rings. The first-order chi connectivity index (χ1) is 11.6. The summed E-state index contributed by atoms with van der Waals surface area (Å²) < 4.78 is 0. The van der Waals surface area contributed by atoms with E-state index in [0.29, 0.717) is 18.0 Å². The highest BCUT2D eigenvalue weighted by Gasteiger charge is 2.49. The Morgan fingerprint density at radius 1 is 1.25 bits per heavy atom. The maximum atomic E-state index is 13.2. The molecule has 124 valence electrons. The zero-order valence-electron chi connectivity index (χ0n) is 13.6. The SMILES string of the molecule is Cc1cc(C(=O)N2CC3CCCC3C2C(=O)O)c2ccccc2n1. The summed E-state index contributed by atoms with van der Waals surface area (Å²) in [5.41, 5.74) is 2.10. The van der Waals surface area contributed by atoms with Gasteiger partial charge < -0.3 is 10.0 Å². The van der Waals surface area contributed by atoms with Gasteiger partial charge in [0.2, 0.25) is 0 Å². The van der Waals surface area contributed by atoms with Crippen LogP contribution in [0, 0.1) is 18.8 Å². The molecule has 1 N–H and O–H groups in total. The van der Waals surface area contributed by atoms with E-state index in [-0.39, 0.29) is 11.8 Å². The Hall–Kier alpha value is -2.43. The van der Waals surface area contributed by atoms with Gasteiger partial charge in [0.15, 0.2) is 0 Å². The second kappa shape index (κ2) is 5.58. The van der Waals surface area contributed by atoms with Crippen LogP contribution in [0.2, 0.25) is 0 Å². The molecule has 3 unspecified atom stereocenters. The van der Waals surface area contributed by atoms with Crippen LogP contribution in [0.1, 0.15) is 35.3 Å². The highest BCUT2D eigenvalue weighted by Crippen LogP contribution is 2.43. The topological polar surface area (TPSA) is 70.5 Å². The summed E-state index contributed by atoms with van der Waals surface area (Å²) in [5.74, 6) is -0.642. The summed E-state index contributed by atoms with van der Waals surface area (Å²) in [6.45, 7) is 2.41. The van der Waals surface area contributed by atoms with E-state index in [1.54, 1.807) is 11.0 Å². The van der Waals surface area contributed by atoms with Crippen LogP contribution < -0.4 is 0 Å². The zero-order chi connectivity index (χ0) is 16.8.